The fourth-order valence-corrected chi connectivity index (χ4v) is 5.34. The molecule has 1 N–H and O–H groups in total. The van der Waals surface area contributed by atoms with Crippen molar-refractivity contribution < 1.29 is 4.74 Å². The third kappa shape index (κ3) is 3.17. The van der Waals surface area contributed by atoms with E-state index >= 15 is 0 Å². The molecule has 2 aliphatic rings. The summed E-state index contributed by atoms with van der Waals surface area (Å²) < 4.78 is 5.98. The summed E-state index contributed by atoms with van der Waals surface area (Å²) in [6.45, 7) is 8.86. The van der Waals surface area contributed by atoms with Crippen LogP contribution in [0, 0.1) is 0 Å². The average molecular weight is 308 g/mol. The molecule has 3 rings (SSSR count). The molecule has 2 heterocycles. The van der Waals surface area contributed by atoms with Crippen LogP contribution in [0.25, 0.3) is 0 Å². The Morgan fingerprint density at radius 1 is 1.19 bits per heavy atom. The standard InChI is InChI=1S/C17H28N2OS/c1-11(2)19-17(9-12(3)20-13(4)10-17)16-18-14-7-5-6-8-15(14)21-16/h11-13,19H,5-10H2,1-4H3. The van der Waals surface area contributed by atoms with Crippen molar-refractivity contribution in [1.82, 2.24) is 10.3 Å². The van der Waals surface area contributed by atoms with E-state index in [1.165, 1.54) is 41.3 Å². The minimum atomic E-state index is 0.00720. The highest BCUT2D eigenvalue weighted by Gasteiger charge is 2.43. The second-order valence-electron chi connectivity index (χ2n) is 7.14. The molecular formula is C17H28N2OS. The highest BCUT2D eigenvalue weighted by Crippen LogP contribution is 2.41. The van der Waals surface area contributed by atoms with E-state index in [2.05, 4.69) is 33.0 Å². The molecule has 21 heavy (non-hydrogen) atoms. The molecule has 1 aromatic rings. The van der Waals surface area contributed by atoms with Gasteiger partial charge in [-0.15, -0.1) is 11.3 Å². The van der Waals surface area contributed by atoms with E-state index < -0.39 is 0 Å². The van der Waals surface area contributed by atoms with Crippen molar-refractivity contribution in [2.24, 2.45) is 0 Å². The summed E-state index contributed by atoms with van der Waals surface area (Å²) in [6.07, 6.45) is 7.68. The van der Waals surface area contributed by atoms with Gasteiger partial charge in [-0.2, -0.15) is 0 Å². The number of fused-ring (bicyclic) bond motifs is 1. The van der Waals surface area contributed by atoms with Crippen molar-refractivity contribution in [3.8, 4) is 0 Å². The number of thiazole rings is 1. The molecule has 0 saturated carbocycles. The molecule has 1 fully saturated rings. The Morgan fingerprint density at radius 3 is 2.48 bits per heavy atom. The zero-order chi connectivity index (χ0) is 15.0. The Hall–Kier alpha value is -0.450. The van der Waals surface area contributed by atoms with Crippen molar-refractivity contribution in [2.75, 3.05) is 0 Å². The lowest BCUT2D eigenvalue weighted by Crippen LogP contribution is -2.53. The van der Waals surface area contributed by atoms with Crippen LogP contribution in [-0.4, -0.2) is 23.2 Å². The number of aryl methyl sites for hydroxylation is 2. The lowest BCUT2D eigenvalue weighted by Gasteiger charge is -2.43. The van der Waals surface area contributed by atoms with Crippen LogP contribution >= 0.6 is 11.3 Å². The molecule has 0 bridgehead atoms. The number of hydrogen-bond acceptors (Lipinski definition) is 4. The summed E-state index contributed by atoms with van der Waals surface area (Å²) in [7, 11) is 0. The molecule has 2 unspecified atom stereocenters. The van der Waals surface area contributed by atoms with E-state index in [4.69, 9.17) is 9.72 Å². The molecule has 118 valence electrons. The topological polar surface area (TPSA) is 34.2 Å². The number of nitrogens with zero attached hydrogens (tertiary/aromatic N) is 1. The second kappa shape index (κ2) is 5.98. The van der Waals surface area contributed by atoms with Crippen LogP contribution in [0.5, 0.6) is 0 Å². The van der Waals surface area contributed by atoms with Gasteiger partial charge >= 0.3 is 0 Å². The average Bonchev–Trinajstić information content (AvgIpc) is 2.80. The van der Waals surface area contributed by atoms with Crippen molar-refractivity contribution in [3.63, 3.8) is 0 Å². The first kappa shape index (κ1) is 15.4. The molecule has 0 aromatic carbocycles. The van der Waals surface area contributed by atoms with Gasteiger partial charge < -0.3 is 10.1 Å². The van der Waals surface area contributed by atoms with Crippen LogP contribution in [0.3, 0.4) is 0 Å². The Morgan fingerprint density at radius 2 is 1.86 bits per heavy atom. The number of aromatic nitrogens is 1. The summed E-state index contributed by atoms with van der Waals surface area (Å²) in [5.74, 6) is 0. The number of ether oxygens (including phenoxy) is 1. The lowest BCUT2D eigenvalue weighted by atomic mass is 9.84. The molecule has 0 radical (unpaired) electrons. The molecule has 0 amide bonds. The summed E-state index contributed by atoms with van der Waals surface area (Å²) in [5, 5.41) is 5.16. The predicted octanol–water partition coefficient (Wildman–Crippen LogP) is 3.80. The van der Waals surface area contributed by atoms with E-state index in [-0.39, 0.29) is 5.54 Å². The fraction of sp³-hybridized carbons (Fsp3) is 0.824. The molecular weight excluding hydrogens is 280 g/mol. The van der Waals surface area contributed by atoms with Crippen molar-refractivity contribution in [3.05, 3.63) is 15.6 Å². The van der Waals surface area contributed by atoms with Crippen LogP contribution < -0.4 is 5.32 Å². The Bertz CT molecular complexity index is 458. The smallest absolute Gasteiger partial charge is 0.113 e. The minimum Gasteiger partial charge on any atom is -0.375 e. The van der Waals surface area contributed by atoms with Crippen molar-refractivity contribution in [2.45, 2.75) is 90.0 Å². The van der Waals surface area contributed by atoms with Crippen LogP contribution in [0.1, 0.15) is 69.0 Å². The number of hydrogen-bond donors (Lipinski definition) is 1. The maximum atomic E-state index is 5.98. The molecule has 4 heteroatoms. The van der Waals surface area contributed by atoms with Gasteiger partial charge in [-0.1, -0.05) is 0 Å². The van der Waals surface area contributed by atoms with E-state index in [0.29, 0.717) is 18.2 Å². The Labute approximate surface area is 132 Å². The molecule has 1 aliphatic carbocycles. The zero-order valence-electron chi connectivity index (χ0n) is 13.7. The first-order chi connectivity index (χ1) is 9.98. The van der Waals surface area contributed by atoms with Gasteiger partial charge in [0, 0.05) is 10.9 Å². The van der Waals surface area contributed by atoms with Gasteiger partial charge in [0.05, 0.1) is 23.4 Å². The summed E-state index contributed by atoms with van der Waals surface area (Å²) in [6, 6.07) is 0.462. The number of nitrogens with one attached hydrogen (secondary N) is 1. The predicted molar refractivity (Wildman–Crippen MR) is 87.9 cm³/mol. The van der Waals surface area contributed by atoms with Gasteiger partial charge in [0.15, 0.2) is 0 Å². The van der Waals surface area contributed by atoms with Crippen molar-refractivity contribution >= 4 is 11.3 Å². The molecule has 2 atom stereocenters. The largest absolute Gasteiger partial charge is 0.375 e. The van der Waals surface area contributed by atoms with Gasteiger partial charge in [-0.25, -0.2) is 4.98 Å². The van der Waals surface area contributed by atoms with E-state index in [1.807, 2.05) is 11.3 Å². The second-order valence-corrected chi connectivity index (χ2v) is 8.23. The Kier molecular flexibility index (Phi) is 4.40. The molecule has 0 spiro atoms. The van der Waals surface area contributed by atoms with Gasteiger partial charge in [-0.05, 0) is 66.2 Å². The maximum absolute atomic E-state index is 5.98. The highest BCUT2D eigenvalue weighted by atomic mass is 32.1. The van der Waals surface area contributed by atoms with Crippen LogP contribution in [0.15, 0.2) is 0 Å². The monoisotopic (exact) mass is 308 g/mol. The zero-order valence-corrected chi connectivity index (χ0v) is 14.6. The van der Waals surface area contributed by atoms with Gasteiger partial charge in [0.25, 0.3) is 0 Å². The summed E-state index contributed by atoms with van der Waals surface area (Å²) in [4.78, 5) is 6.60. The normalized spacial score (nSPS) is 33.2. The van der Waals surface area contributed by atoms with Gasteiger partial charge in [0.2, 0.25) is 0 Å². The van der Waals surface area contributed by atoms with Crippen LogP contribution in [0.4, 0.5) is 0 Å². The fourth-order valence-electron chi connectivity index (χ4n) is 4.02. The quantitative estimate of drug-likeness (QED) is 0.922. The van der Waals surface area contributed by atoms with Crippen molar-refractivity contribution in [1.29, 1.82) is 0 Å². The lowest BCUT2D eigenvalue weighted by molar-refractivity contribution is -0.0730. The third-order valence-electron chi connectivity index (χ3n) is 4.56. The molecule has 1 aromatic heterocycles. The first-order valence-corrected chi connectivity index (χ1v) is 9.22. The minimum absolute atomic E-state index is 0.00720. The van der Waals surface area contributed by atoms with Gasteiger partial charge in [0.1, 0.15) is 5.01 Å². The van der Waals surface area contributed by atoms with Crippen LogP contribution in [-0.2, 0) is 23.1 Å². The Balaban J connectivity index is 1.96. The molecule has 1 saturated heterocycles. The SMILES string of the molecule is CC(C)NC1(c2nc3c(s2)CCCC3)CC(C)OC(C)C1. The van der Waals surface area contributed by atoms with E-state index in [0.717, 1.165) is 12.8 Å². The van der Waals surface area contributed by atoms with Gasteiger partial charge in [-0.3, -0.25) is 0 Å². The first-order valence-electron chi connectivity index (χ1n) is 8.41. The maximum Gasteiger partial charge on any atom is 0.113 e. The van der Waals surface area contributed by atoms with Crippen LogP contribution in [0.2, 0.25) is 0 Å². The molecule has 1 aliphatic heterocycles. The summed E-state index contributed by atoms with van der Waals surface area (Å²) in [5.41, 5.74) is 1.38. The third-order valence-corrected chi connectivity index (χ3v) is 5.92. The van der Waals surface area contributed by atoms with E-state index in [9.17, 15) is 0 Å². The molecule has 3 nitrogen and oxygen atoms in total. The van der Waals surface area contributed by atoms with E-state index in [1.54, 1.807) is 0 Å². The summed E-state index contributed by atoms with van der Waals surface area (Å²) >= 11 is 1.96. The highest BCUT2D eigenvalue weighted by molar-refractivity contribution is 7.11. The number of rotatable bonds is 3.